The maximum atomic E-state index is 11.9. The summed E-state index contributed by atoms with van der Waals surface area (Å²) in [5, 5.41) is 1.43. The van der Waals surface area contributed by atoms with Gasteiger partial charge >= 0.3 is 4.87 Å². The summed E-state index contributed by atoms with van der Waals surface area (Å²) in [6.45, 7) is 5.55. The average Bonchev–Trinajstić information content (AvgIpc) is 2.62. The fourth-order valence-electron chi connectivity index (χ4n) is 1.97. The first kappa shape index (κ1) is 13.3. The van der Waals surface area contributed by atoms with Gasteiger partial charge in [0.05, 0.1) is 6.61 Å². The Kier molecular flexibility index (Phi) is 4.19. The zero-order valence-corrected chi connectivity index (χ0v) is 11.6. The van der Waals surface area contributed by atoms with Crippen LogP contribution in [0.2, 0.25) is 0 Å². The van der Waals surface area contributed by atoms with Crippen molar-refractivity contribution in [1.82, 2.24) is 9.63 Å². The fourth-order valence-corrected chi connectivity index (χ4v) is 2.83. The summed E-state index contributed by atoms with van der Waals surface area (Å²) in [6.07, 6.45) is 2.31. The molecular formula is C12H18N2O3S. The molecule has 1 aliphatic rings. The molecule has 1 aromatic rings. The van der Waals surface area contributed by atoms with Crippen LogP contribution in [0.3, 0.4) is 0 Å². The van der Waals surface area contributed by atoms with Crippen LogP contribution in [-0.4, -0.2) is 28.7 Å². The standard InChI is InChI=1S/C12H18N2O3S/c1-9-10(2)18-12(16)13(9)7-5-11(15)14-6-3-4-8-17-14/h3-8H2,1-2H3. The molecule has 1 fully saturated rings. The number of hydrogen-bond donors (Lipinski definition) is 0. The lowest BCUT2D eigenvalue weighted by molar-refractivity contribution is -0.197. The number of hydrogen-bond acceptors (Lipinski definition) is 4. The molecule has 0 saturated carbocycles. The van der Waals surface area contributed by atoms with Crippen molar-refractivity contribution in [2.24, 2.45) is 0 Å². The number of nitrogens with zero attached hydrogens (tertiary/aromatic N) is 2. The Hall–Kier alpha value is -1.14. The van der Waals surface area contributed by atoms with E-state index in [4.69, 9.17) is 4.84 Å². The highest BCUT2D eigenvalue weighted by Crippen LogP contribution is 2.11. The highest BCUT2D eigenvalue weighted by Gasteiger charge is 2.18. The fraction of sp³-hybridized carbons (Fsp3) is 0.667. The number of thiazole rings is 1. The number of carbonyl (C=O) groups excluding carboxylic acids is 1. The molecule has 18 heavy (non-hydrogen) atoms. The Morgan fingerprint density at radius 2 is 2.17 bits per heavy atom. The van der Waals surface area contributed by atoms with E-state index in [1.807, 2.05) is 13.8 Å². The number of aryl methyl sites for hydroxylation is 1. The van der Waals surface area contributed by atoms with E-state index < -0.39 is 0 Å². The van der Waals surface area contributed by atoms with Gasteiger partial charge < -0.3 is 4.57 Å². The Morgan fingerprint density at radius 1 is 1.39 bits per heavy atom. The number of rotatable bonds is 3. The van der Waals surface area contributed by atoms with Crippen molar-refractivity contribution in [1.29, 1.82) is 0 Å². The topological polar surface area (TPSA) is 51.5 Å². The summed E-state index contributed by atoms with van der Waals surface area (Å²) in [5.74, 6) is -0.0372. The van der Waals surface area contributed by atoms with E-state index in [2.05, 4.69) is 0 Å². The Morgan fingerprint density at radius 3 is 2.72 bits per heavy atom. The smallest absolute Gasteiger partial charge is 0.303 e. The van der Waals surface area contributed by atoms with Crippen LogP contribution in [0.1, 0.15) is 29.8 Å². The van der Waals surface area contributed by atoms with Gasteiger partial charge in [0.2, 0.25) is 5.91 Å². The first-order chi connectivity index (χ1) is 8.59. The Balaban J connectivity index is 1.94. The third kappa shape index (κ3) is 2.81. The molecule has 2 heterocycles. The number of aromatic nitrogens is 1. The summed E-state index contributed by atoms with van der Waals surface area (Å²) >= 11 is 1.23. The van der Waals surface area contributed by atoms with Gasteiger partial charge in [-0.3, -0.25) is 14.4 Å². The molecule has 0 atom stereocenters. The van der Waals surface area contributed by atoms with Crippen LogP contribution < -0.4 is 4.87 Å². The van der Waals surface area contributed by atoms with Crippen LogP contribution >= 0.6 is 11.3 Å². The Bertz CT molecular complexity index is 486. The second-order valence-electron chi connectivity index (χ2n) is 4.45. The molecule has 0 unspecified atom stereocenters. The molecule has 1 aliphatic heterocycles. The second kappa shape index (κ2) is 5.67. The van der Waals surface area contributed by atoms with Gasteiger partial charge in [0.1, 0.15) is 0 Å². The van der Waals surface area contributed by atoms with Crippen molar-refractivity contribution in [2.45, 2.75) is 39.7 Å². The molecule has 6 heteroatoms. The largest absolute Gasteiger partial charge is 0.307 e. The molecule has 0 spiro atoms. The quantitative estimate of drug-likeness (QED) is 0.835. The maximum absolute atomic E-state index is 11.9. The van der Waals surface area contributed by atoms with Gasteiger partial charge in [0.25, 0.3) is 0 Å². The van der Waals surface area contributed by atoms with Crippen LogP contribution in [-0.2, 0) is 16.2 Å². The SMILES string of the molecule is Cc1sc(=O)n(CCC(=O)N2CCCCO2)c1C. The summed E-state index contributed by atoms with van der Waals surface area (Å²) in [4.78, 5) is 29.9. The second-order valence-corrected chi connectivity index (χ2v) is 5.61. The summed E-state index contributed by atoms with van der Waals surface area (Å²) in [7, 11) is 0. The third-order valence-corrected chi connectivity index (χ3v) is 4.20. The molecule has 5 nitrogen and oxygen atoms in total. The Labute approximate surface area is 110 Å². The van der Waals surface area contributed by atoms with Gasteiger partial charge in [-0.25, -0.2) is 5.06 Å². The first-order valence-corrected chi connectivity index (χ1v) is 7.01. The molecule has 0 bridgehead atoms. The van der Waals surface area contributed by atoms with Gasteiger partial charge in [0.15, 0.2) is 0 Å². The summed E-state index contributed by atoms with van der Waals surface area (Å²) < 4.78 is 1.67. The predicted octanol–water partition coefficient (Wildman–Crippen LogP) is 1.47. The van der Waals surface area contributed by atoms with Gasteiger partial charge in [-0.15, -0.1) is 0 Å². The minimum atomic E-state index is -0.0372. The molecule has 1 saturated heterocycles. The predicted molar refractivity (Wildman–Crippen MR) is 69.6 cm³/mol. The third-order valence-electron chi connectivity index (χ3n) is 3.21. The molecule has 0 N–H and O–H groups in total. The first-order valence-electron chi connectivity index (χ1n) is 6.19. The van der Waals surface area contributed by atoms with E-state index in [1.165, 1.54) is 16.4 Å². The van der Waals surface area contributed by atoms with Gasteiger partial charge in [-0.1, -0.05) is 11.3 Å². The molecule has 100 valence electrons. The van der Waals surface area contributed by atoms with Crippen LogP contribution in [0.5, 0.6) is 0 Å². The van der Waals surface area contributed by atoms with Crippen LogP contribution in [0.4, 0.5) is 0 Å². The molecule has 0 radical (unpaired) electrons. The van der Waals surface area contributed by atoms with Gasteiger partial charge in [0, 0.05) is 30.1 Å². The lowest BCUT2D eigenvalue weighted by atomic mass is 10.3. The van der Waals surface area contributed by atoms with Crippen LogP contribution in [0, 0.1) is 13.8 Å². The normalized spacial score (nSPS) is 16.0. The minimum absolute atomic E-state index is 0.0114. The van der Waals surface area contributed by atoms with Crippen molar-refractivity contribution < 1.29 is 9.63 Å². The molecule has 0 aliphatic carbocycles. The van der Waals surface area contributed by atoms with Crippen molar-refractivity contribution in [3.05, 3.63) is 20.2 Å². The lowest BCUT2D eigenvalue weighted by Gasteiger charge is -2.25. The van der Waals surface area contributed by atoms with Crippen molar-refractivity contribution in [2.75, 3.05) is 13.2 Å². The van der Waals surface area contributed by atoms with Crippen molar-refractivity contribution >= 4 is 17.2 Å². The molecule has 1 amide bonds. The number of hydroxylamine groups is 2. The molecule has 0 aromatic carbocycles. The van der Waals surface area contributed by atoms with Crippen LogP contribution in [0.25, 0.3) is 0 Å². The highest BCUT2D eigenvalue weighted by molar-refractivity contribution is 7.09. The maximum Gasteiger partial charge on any atom is 0.307 e. The zero-order chi connectivity index (χ0) is 13.1. The van der Waals surface area contributed by atoms with E-state index >= 15 is 0 Å². The summed E-state index contributed by atoms with van der Waals surface area (Å²) in [6, 6.07) is 0. The van der Waals surface area contributed by atoms with E-state index in [1.54, 1.807) is 4.57 Å². The number of carbonyl (C=O) groups is 1. The average molecular weight is 270 g/mol. The minimum Gasteiger partial charge on any atom is -0.303 e. The van der Waals surface area contributed by atoms with Crippen molar-refractivity contribution in [3.63, 3.8) is 0 Å². The summed E-state index contributed by atoms with van der Waals surface area (Å²) in [5.41, 5.74) is 0.956. The number of amides is 1. The molecule has 2 rings (SSSR count). The molecular weight excluding hydrogens is 252 g/mol. The highest BCUT2D eigenvalue weighted by atomic mass is 32.1. The van der Waals surface area contributed by atoms with E-state index in [-0.39, 0.29) is 10.8 Å². The lowest BCUT2D eigenvalue weighted by Crippen LogP contribution is -2.36. The van der Waals surface area contributed by atoms with Crippen LogP contribution in [0.15, 0.2) is 4.79 Å². The van der Waals surface area contributed by atoms with Gasteiger partial charge in [-0.05, 0) is 26.7 Å². The zero-order valence-electron chi connectivity index (χ0n) is 10.8. The monoisotopic (exact) mass is 270 g/mol. The molecule has 1 aromatic heterocycles. The van der Waals surface area contributed by atoms with Crippen molar-refractivity contribution in [3.8, 4) is 0 Å². The van der Waals surface area contributed by atoms with E-state index in [9.17, 15) is 9.59 Å². The van der Waals surface area contributed by atoms with E-state index in [0.29, 0.717) is 26.1 Å². The van der Waals surface area contributed by atoms with Gasteiger partial charge in [-0.2, -0.15) is 0 Å². The van der Waals surface area contributed by atoms with E-state index in [0.717, 1.165) is 23.4 Å².